The molecule has 3 N–H and O–H groups in total. The minimum Gasteiger partial charge on any atom is -0.395 e. The third kappa shape index (κ3) is 2.58. The second kappa shape index (κ2) is 5.02. The molecule has 4 heteroatoms. The molecule has 3 nitrogen and oxygen atoms in total. The Bertz CT molecular complexity index is 391. The number of aliphatic hydroxyl groups is 1. The van der Waals surface area contributed by atoms with Gasteiger partial charge in [-0.05, 0) is 31.9 Å². The zero-order valence-corrected chi connectivity index (χ0v) is 10.1. The number of halogens is 1. The van der Waals surface area contributed by atoms with Crippen LogP contribution in [0.1, 0.15) is 31.4 Å². The van der Waals surface area contributed by atoms with Gasteiger partial charge in [0.25, 0.3) is 0 Å². The molecular weight excluding hydrogens is 219 g/mol. The molecule has 0 radical (unpaired) electrons. The first-order chi connectivity index (χ1) is 8.15. The van der Waals surface area contributed by atoms with Crippen LogP contribution in [0.15, 0.2) is 18.2 Å². The average molecular weight is 238 g/mol. The second-order valence-corrected chi connectivity index (χ2v) is 4.61. The molecule has 0 bridgehead atoms. The van der Waals surface area contributed by atoms with Crippen molar-refractivity contribution in [2.24, 2.45) is 5.73 Å². The molecule has 0 amide bonds. The number of aliphatic hydroxyl groups excluding tert-OH is 1. The third-order valence-corrected chi connectivity index (χ3v) is 3.12. The maximum atomic E-state index is 13.8. The van der Waals surface area contributed by atoms with E-state index in [9.17, 15) is 4.39 Å². The van der Waals surface area contributed by atoms with Crippen LogP contribution in [-0.2, 0) is 0 Å². The van der Waals surface area contributed by atoms with Crippen molar-refractivity contribution in [1.82, 2.24) is 0 Å². The SMILES string of the molecule is C[C@@H](N)c1c(F)cccc1N(CCO)C1CC1. The van der Waals surface area contributed by atoms with E-state index in [1.54, 1.807) is 13.0 Å². The van der Waals surface area contributed by atoms with E-state index < -0.39 is 0 Å². The lowest BCUT2D eigenvalue weighted by atomic mass is 10.0. The minimum atomic E-state index is -0.342. The zero-order valence-electron chi connectivity index (χ0n) is 10.1. The van der Waals surface area contributed by atoms with Crippen LogP contribution in [0.5, 0.6) is 0 Å². The Morgan fingerprint density at radius 3 is 2.76 bits per heavy atom. The molecule has 0 unspecified atom stereocenters. The van der Waals surface area contributed by atoms with Crippen LogP contribution in [0.25, 0.3) is 0 Å². The van der Waals surface area contributed by atoms with Crippen LogP contribution < -0.4 is 10.6 Å². The highest BCUT2D eigenvalue weighted by atomic mass is 19.1. The molecule has 1 aliphatic rings. The Hall–Kier alpha value is -1.13. The summed E-state index contributed by atoms with van der Waals surface area (Å²) in [5.41, 5.74) is 7.22. The van der Waals surface area contributed by atoms with Crippen LogP contribution in [0.3, 0.4) is 0 Å². The molecular formula is C13H19FN2O. The average Bonchev–Trinajstić information content (AvgIpc) is 3.08. The zero-order chi connectivity index (χ0) is 12.4. The van der Waals surface area contributed by atoms with Gasteiger partial charge in [0, 0.05) is 29.9 Å². The largest absolute Gasteiger partial charge is 0.395 e. The number of anilines is 1. The molecule has 2 rings (SSSR count). The van der Waals surface area contributed by atoms with Crippen LogP contribution in [-0.4, -0.2) is 24.3 Å². The van der Waals surface area contributed by atoms with E-state index in [1.165, 1.54) is 6.07 Å². The maximum Gasteiger partial charge on any atom is 0.130 e. The van der Waals surface area contributed by atoms with E-state index in [4.69, 9.17) is 10.8 Å². The molecule has 17 heavy (non-hydrogen) atoms. The second-order valence-electron chi connectivity index (χ2n) is 4.61. The van der Waals surface area contributed by atoms with Crippen LogP contribution in [0, 0.1) is 5.82 Å². The van der Waals surface area contributed by atoms with Crippen molar-refractivity contribution >= 4 is 5.69 Å². The Morgan fingerprint density at radius 1 is 1.53 bits per heavy atom. The molecule has 1 aliphatic carbocycles. The fourth-order valence-corrected chi connectivity index (χ4v) is 2.22. The first-order valence-corrected chi connectivity index (χ1v) is 6.06. The first-order valence-electron chi connectivity index (χ1n) is 6.06. The maximum absolute atomic E-state index is 13.8. The van der Waals surface area contributed by atoms with Gasteiger partial charge in [0.15, 0.2) is 0 Å². The Kier molecular flexibility index (Phi) is 3.64. The van der Waals surface area contributed by atoms with E-state index in [0.717, 1.165) is 18.5 Å². The van der Waals surface area contributed by atoms with Gasteiger partial charge in [-0.3, -0.25) is 0 Å². The Labute approximate surface area is 101 Å². The lowest BCUT2D eigenvalue weighted by Crippen LogP contribution is -2.31. The molecule has 94 valence electrons. The van der Waals surface area contributed by atoms with Gasteiger partial charge >= 0.3 is 0 Å². The number of hydrogen-bond acceptors (Lipinski definition) is 3. The molecule has 1 saturated carbocycles. The highest BCUT2D eigenvalue weighted by molar-refractivity contribution is 5.57. The van der Waals surface area contributed by atoms with Crippen molar-refractivity contribution in [3.63, 3.8) is 0 Å². The quantitative estimate of drug-likeness (QED) is 0.822. The molecule has 1 aromatic carbocycles. The molecule has 0 saturated heterocycles. The van der Waals surface area contributed by atoms with Crippen molar-refractivity contribution in [3.8, 4) is 0 Å². The van der Waals surface area contributed by atoms with Gasteiger partial charge in [-0.15, -0.1) is 0 Å². The predicted octanol–water partition coefficient (Wildman–Crippen LogP) is 1.81. The van der Waals surface area contributed by atoms with E-state index in [-0.39, 0.29) is 18.5 Å². The van der Waals surface area contributed by atoms with Crippen LogP contribution >= 0.6 is 0 Å². The Balaban J connectivity index is 2.37. The van der Waals surface area contributed by atoms with Gasteiger partial charge in [0.05, 0.1) is 6.61 Å². The van der Waals surface area contributed by atoms with E-state index in [1.807, 2.05) is 6.07 Å². The Morgan fingerprint density at radius 2 is 2.24 bits per heavy atom. The first kappa shape index (κ1) is 12.3. The summed E-state index contributed by atoms with van der Waals surface area (Å²) in [6.07, 6.45) is 2.21. The third-order valence-electron chi connectivity index (χ3n) is 3.12. The van der Waals surface area contributed by atoms with Crippen molar-refractivity contribution in [2.75, 3.05) is 18.1 Å². The monoisotopic (exact) mass is 238 g/mol. The van der Waals surface area contributed by atoms with Crippen molar-refractivity contribution in [3.05, 3.63) is 29.6 Å². The molecule has 1 aromatic rings. The number of rotatable bonds is 5. The number of nitrogens with two attached hydrogens (primary N) is 1. The standard InChI is InChI=1S/C13H19FN2O/c1-9(15)13-11(14)3-2-4-12(13)16(7-8-17)10-5-6-10/h2-4,9-10,17H,5-8,15H2,1H3/t9-/m1/s1. The van der Waals surface area contributed by atoms with E-state index in [2.05, 4.69) is 4.90 Å². The summed E-state index contributed by atoms with van der Waals surface area (Å²) in [5, 5.41) is 9.11. The minimum absolute atomic E-state index is 0.0748. The van der Waals surface area contributed by atoms with E-state index in [0.29, 0.717) is 18.2 Å². The fourth-order valence-electron chi connectivity index (χ4n) is 2.22. The van der Waals surface area contributed by atoms with Gasteiger partial charge in [-0.2, -0.15) is 0 Å². The van der Waals surface area contributed by atoms with Crippen LogP contribution in [0.2, 0.25) is 0 Å². The molecule has 1 atom stereocenters. The van der Waals surface area contributed by atoms with Crippen molar-refractivity contribution in [2.45, 2.75) is 31.8 Å². The van der Waals surface area contributed by atoms with Gasteiger partial charge in [0.2, 0.25) is 0 Å². The summed E-state index contributed by atoms with van der Waals surface area (Å²) in [5.74, 6) is -0.263. The van der Waals surface area contributed by atoms with E-state index >= 15 is 0 Å². The topological polar surface area (TPSA) is 49.5 Å². The van der Waals surface area contributed by atoms with Gasteiger partial charge in [0.1, 0.15) is 5.82 Å². The molecule has 0 heterocycles. The highest BCUT2D eigenvalue weighted by Crippen LogP contribution is 2.35. The smallest absolute Gasteiger partial charge is 0.130 e. The van der Waals surface area contributed by atoms with Gasteiger partial charge in [-0.1, -0.05) is 6.07 Å². The summed E-state index contributed by atoms with van der Waals surface area (Å²) in [6.45, 7) is 2.39. The van der Waals surface area contributed by atoms with Gasteiger partial charge < -0.3 is 15.7 Å². The summed E-state index contributed by atoms with van der Waals surface area (Å²) in [4.78, 5) is 2.07. The summed E-state index contributed by atoms with van der Waals surface area (Å²) < 4.78 is 13.8. The molecule has 1 fully saturated rings. The molecule has 0 aliphatic heterocycles. The highest BCUT2D eigenvalue weighted by Gasteiger charge is 2.31. The van der Waals surface area contributed by atoms with Gasteiger partial charge in [-0.25, -0.2) is 4.39 Å². The number of hydrogen-bond donors (Lipinski definition) is 2. The predicted molar refractivity (Wildman–Crippen MR) is 66.5 cm³/mol. The molecule has 0 aromatic heterocycles. The molecule has 0 spiro atoms. The summed E-state index contributed by atoms with van der Waals surface area (Å²) in [7, 11) is 0. The lowest BCUT2D eigenvalue weighted by molar-refractivity contribution is 0.301. The van der Waals surface area contributed by atoms with Crippen LogP contribution in [0.4, 0.5) is 10.1 Å². The summed E-state index contributed by atoms with van der Waals surface area (Å²) in [6, 6.07) is 5.11. The number of benzene rings is 1. The van der Waals surface area contributed by atoms with Crippen molar-refractivity contribution in [1.29, 1.82) is 0 Å². The van der Waals surface area contributed by atoms with Crippen molar-refractivity contribution < 1.29 is 9.50 Å². The lowest BCUT2D eigenvalue weighted by Gasteiger charge is -2.27. The number of nitrogens with zero attached hydrogens (tertiary/aromatic N) is 1. The normalized spacial score (nSPS) is 16.9. The summed E-state index contributed by atoms with van der Waals surface area (Å²) >= 11 is 0. The fraction of sp³-hybridized carbons (Fsp3) is 0.538.